The Bertz CT molecular complexity index is 2080. The maximum Gasteiger partial charge on any atom is 0.421 e. The van der Waals surface area contributed by atoms with Crippen molar-refractivity contribution in [2.24, 2.45) is 5.11 Å². The van der Waals surface area contributed by atoms with Gasteiger partial charge in [-0.1, -0.05) is 71.0 Å². The third-order valence-corrected chi connectivity index (χ3v) is 7.49. The Labute approximate surface area is 343 Å². The van der Waals surface area contributed by atoms with Gasteiger partial charge in [0.05, 0.1) is 17.6 Å². The highest BCUT2D eigenvalue weighted by Gasteiger charge is 2.20. The number of anilines is 2. The Morgan fingerprint density at radius 1 is 0.931 bits per heavy atom. The molecule has 18 nitrogen and oxygen atoms in total. The summed E-state index contributed by atoms with van der Waals surface area (Å²) in [5.41, 5.74) is 23.3. The molecular weight excluding hydrogens is 764 g/mol. The normalized spacial score (nSPS) is 10.2. The molecule has 0 aliphatic carbocycles. The topological polar surface area (TPSA) is 263 Å². The van der Waals surface area contributed by atoms with E-state index in [2.05, 4.69) is 51.8 Å². The minimum Gasteiger partial charge on any atom is -0.443 e. The molecule has 2 aromatic carbocycles. The van der Waals surface area contributed by atoms with Crippen molar-refractivity contribution < 1.29 is 19.1 Å². The lowest BCUT2D eigenvalue weighted by atomic mass is 10.2. The van der Waals surface area contributed by atoms with E-state index in [1.165, 1.54) is 4.57 Å². The number of rotatable bonds is 15. The van der Waals surface area contributed by atoms with Gasteiger partial charge in [-0.2, -0.15) is 0 Å². The Morgan fingerprint density at radius 2 is 1.55 bits per heavy atom. The van der Waals surface area contributed by atoms with Gasteiger partial charge >= 0.3 is 6.09 Å². The average Bonchev–Trinajstić information content (AvgIpc) is 3.92. The average molecular weight is 815 g/mol. The van der Waals surface area contributed by atoms with Gasteiger partial charge in [-0.05, 0) is 69.5 Å². The SMILES string of the molecule is C#CCCCc1cn(C(=O)OC(C)(C)C)c(N)n1.Cl.Nc1ncc(CCCc2cn(CC(=O)NCc3ccccc3)nn2)[nH]1.[N-]=[N+]=NCC(=O)NCc1ccccc1. The van der Waals surface area contributed by atoms with Crippen LogP contribution in [-0.4, -0.2) is 64.6 Å². The summed E-state index contributed by atoms with van der Waals surface area (Å²) in [5.74, 6) is 2.77. The number of aromatic nitrogens is 7. The van der Waals surface area contributed by atoms with Crippen LogP contribution in [0.15, 0.2) is 84.4 Å². The van der Waals surface area contributed by atoms with Gasteiger partial charge < -0.3 is 31.8 Å². The maximum atomic E-state index is 12.0. The number of nitrogens with zero attached hydrogens (tertiary/aromatic N) is 9. The van der Waals surface area contributed by atoms with E-state index in [1.54, 1.807) is 37.8 Å². The van der Waals surface area contributed by atoms with E-state index in [4.69, 9.17) is 28.2 Å². The number of amides is 2. The molecule has 5 rings (SSSR count). The Balaban J connectivity index is 0.000000312. The third-order valence-electron chi connectivity index (χ3n) is 7.49. The van der Waals surface area contributed by atoms with E-state index in [0.717, 1.165) is 53.9 Å². The van der Waals surface area contributed by atoms with Crippen molar-refractivity contribution in [3.8, 4) is 12.3 Å². The lowest BCUT2D eigenvalue weighted by molar-refractivity contribution is -0.122. The predicted octanol–water partition coefficient (Wildman–Crippen LogP) is 5.31. The minimum atomic E-state index is -0.558. The fraction of sp³-hybridized carbons (Fsp3) is 0.359. The monoisotopic (exact) mass is 814 g/mol. The zero-order valence-corrected chi connectivity index (χ0v) is 33.7. The summed E-state index contributed by atoms with van der Waals surface area (Å²) in [6.07, 6.45) is 14.5. The summed E-state index contributed by atoms with van der Waals surface area (Å²) in [5, 5.41) is 16.8. The number of imidazole rings is 2. The van der Waals surface area contributed by atoms with Gasteiger partial charge in [0.1, 0.15) is 18.7 Å². The number of halogens is 1. The quantitative estimate of drug-likeness (QED) is 0.0299. The summed E-state index contributed by atoms with van der Waals surface area (Å²) >= 11 is 0. The number of nitrogen functional groups attached to an aromatic ring is 2. The fourth-order valence-electron chi connectivity index (χ4n) is 4.84. The number of carbonyl (C=O) groups excluding carboxylic acids is 3. The molecule has 0 bridgehead atoms. The van der Waals surface area contributed by atoms with Crippen LogP contribution in [0, 0.1) is 12.3 Å². The first kappa shape index (κ1) is 47.3. The number of carbonyl (C=O) groups is 3. The second kappa shape index (κ2) is 25.4. The molecule has 0 fully saturated rings. The van der Waals surface area contributed by atoms with Crippen LogP contribution >= 0.6 is 12.4 Å². The highest BCUT2D eigenvalue weighted by molar-refractivity contribution is 5.85. The number of unbranched alkanes of at least 4 members (excludes halogenated alkanes) is 1. The van der Waals surface area contributed by atoms with Crippen LogP contribution in [0.4, 0.5) is 16.7 Å². The summed E-state index contributed by atoms with van der Waals surface area (Å²) in [6, 6.07) is 19.3. The summed E-state index contributed by atoms with van der Waals surface area (Å²) < 4.78 is 7.99. The fourth-order valence-corrected chi connectivity index (χ4v) is 4.84. The number of aryl methyl sites for hydroxylation is 3. The molecule has 0 atom stereocenters. The van der Waals surface area contributed by atoms with Crippen molar-refractivity contribution in [2.45, 2.75) is 84.5 Å². The molecule has 0 radical (unpaired) electrons. The maximum absolute atomic E-state index is 12.0. The molecule has 0 saturated heterocycles. The summed E-state index contributed by atoms with van der Waals surface area (Å²) in [4.78, 5) is 48.3. The van der Waals surface area contributed by atoms with E-state index in [9.17, 15) is 14.4 Å². The molecule has 0 aliphatic rings. The highest BCUT2D eigenvalue weighted by atomic mass is 35.5. The molecule has 19 heteroatoms. The molecule has 3 aromatic heterocycles. The lowest BCUT2D eigenvalue weighted by Gasteiger charge is -2.19. The number of H-pyrrole nitrogens is 1. The number of hydrogen-bond donors (Lipinski definition) is 5. The van der Waals surface area contributed by atoms with Gasteiger partial charge in [0.25, 0.3) is 0 Å². The molecule has 5 aromatic rings. The zero-order valence-electron chi connectivity index (χ0n) is 32.9. The standard InChI is InChI=1S/C17H21N7O.C13H19N3O2.C9H10N4O.ClH/c18-17-20-10-14(21-17)7-4-8-15-11-24(23-22-15)12-16(25)19-9-13-5-2-1-3-6-13;1-5-6-7-8-10-9-16(11(14)15-10)12(17)18-13(2,3)4;10-13-12-7-9(14)11-6-8-4-2-1-3-5-8;/h1-3,5-6,10-11H,4,7-9,12H2,(H,19,25)(H3,18,20,21);1,9H,6-8H2,2-4H3,(H2,14,15);1-5H,6-7H2,(H,11,14);1H. The molecule has 0 spiro atoms. The molecule has 2 amide bonds. The number of hydrogen-bond acceptors (Lipinski definition) is 11. The predicted molar refractivity (Wildman–Crippen MR) is 223 cm³/mol. The molecule has 0 saturated carbocycles. The van der Waals surface area contributed by atoms with Crippen LogP contribution in [0.5, 0.6) is 0 Å². The second-order valence-corrected chi connectivity index (χ2v) is 13.5. The number of ether oxygens (including phenoxy) is 1. The summed E-state index contributed by atoms with van der Waals surface area (Å²) in [6.45, 7) is 6.37. The van der Waals surface area contributed by atoms with E-state index < -0.39 is 11.7 Å². The largest absolute Gasteiger partial charge is 0.443 e. The Hall–Kier alpha value is -6.83. The Morgan fingerprint density at radius 3 is 2.12 bits per heavy atom. The number of aromatic amines is 1. The van der Waals surface area contributed by atoms with Crippen LogP contribution in [-0.2, 0) is 53.2 Å². The van der Waals surface area contributed by atoms with E-state index in [-0.39, 0.29) is 43.3 Å². The van der Waals surface area contributed by atoms with Crippen molar-refractivity contribution in [1.29, 1.82) is 0 Å². The molecule has 3 heterocycles. The van der Waals surface area contributed by atoms with Gasteiger partial charge in [0.15, 0.2) is 5.95 Å². The summed E-state index contributed by atoms with van der Waals surface area (Å²) in [7, 11) is 0. The van der Waals surface area contributed by atoms with Gasteiger partial charge in [-0.25, -0.2) is 24.0 Å². The number of terminal acetylenes is 1. The van der Waals surface area contributed by atoms with Gasteiger partial charge in [0, 0.05) is 42.5 Å². The number of benzene rings is 2. The molecule has 7 N–H and O–H groups in total. The van der Waals surface area contributed by atoms with Crippen molar-refractivity contribution in [1.82, 2.24) is 45.1 Å². The zero-order chi connectivity index (χ0) is 41.5. The molecular formula is C39H51ClN14O4. The third kappa shape index (κ3) is 19.2. The molecule has 308 valence electrons. The number of azide groups is 1. The van der Waals surface area contributed by atoms with Gasteiger partial charge in [-0.15, -0.1) is 29.8 Å². The van der Waals surface area contributed by atoms with Crippen LogP contribution in [0.1, 0.15) is 68.2 Å². The van der Waals surface area contributed by atoms with Gasteiger partial charge in [-0.3, -0.25) is 9.59 Å². The smallest absolute Gasteiger partial charge is 0.421 e. The van der Waals surface area contributed by atoms with Crippen LogP contribution in [0.25, 0.3) is 10.4 Å². The van der Waals surface area contributed by atoms with Crippen molar-refractivity contribution >= 4 is 42.2 Å². The molecule has 0 unspecified atom stereocenters. The number of nitrogens with one attached hydrogen (secondary N) is 3. The lowest BCUT2D eigenvalue weighted by Crippen LogP contribution is -2.27. The van der Waals surface area contributed by atoms with Crippen LogP contribution in [0.3, 0.4) is 0 Å². The first-order valence-electron chi connectivity index (χ1n) is 18.2. The van der Waals surface area contributed by atoms with E-state index in [0.29, 0.717) is 31.9 Å². The van der Waals surface area contributed by atoms with Gasteiger partial charge in [0.2, 0.25) is 17.8 Å². The highest BCUT2D eigenvalue weighted by Crippen LogP contribution is 2.14. The van der Waals surface area contributed by atoms with E-state index >= 15 is 0 Å². The minimum absolute atomic E-state index is 0. The van der Waals surface area contributed by atoms with Crippen molar-refractivity contribution in [3.05, 3.63) is 118 Å². The van der Waals surface area contributed by atoms with E-state index in [1.807, 2.05) is 66.9 Å². The first-order valence-corrected chi connectivity index (χ1v) is 18.2. The molecule has 58 heavy (non-hydrogen) atoms. The Kier molecular flexibility index (Phi) is 20.7. The first-order chi connectivity index (χ1) is 27.3. The van der Waals surface area contributed by atoms with Crippen LogP contribution < -0.4 is 22.1 Å². The molecule has 0 aliphatic heterocycles. The second-order valence-electron chi connectivity index (χ2n) is 13.5. The van der Waals surface area contributed by atoms with Crippen molar-refractivity contribution in [2.75, 3.05) is 18.0 Å². The van der Waals surface area contributed by atoms with Crippen LogP contribution in [0.2, 0.25) is 0 Å². The number of nitrogens with two attached hydrogens (primary N) is 2. The van der Waals surface area contributed by atoms with Crippen molar-refractivity contribution in [3.63, 3.8) is 0 Å².